The maximum absolute atomic E-state index is 7.09. The molecule has 0 radical (unpaired) electrons. The third-order valence-corrected chi connectivity index (χ3v) is 35.2. The number of fused-ring (bicyclic) bond motifs is 2. The number of furan rings is 2. The van der Waals surface area contributed by atoms with E-state index in [-0.39, 0.29) is 7.25 Å². The zero-order valence-corrected chi connectivity index (χ0v) is 39.7. The zero-order valence-electron chi connectivity index (χ0n) is 34.7. The molecule has 6 heteroatoms. The molecule has 1 saturated heterocycles. The Labute approximate surface area is 356 Å². The molecule has 0 spiro atoms. The van der Waals surface area contributed by atoms with E-state index in [0.717, 1.165) is 35.1 Å². The molecule has 0 N–H and O–H groups in total. The SMILES string of the molecule is Cc1cc(C)cc(-c2c(C)c(C)cc3c2C=C(c2ccc(C)o2)[CH]3[Zr]([CH]2C(c3ccc(C)o3)=Cc3c2cc(C)c(C)c3-c2cc(C)cc(C)c2)=[Si]2CC(Cl)(Cl)C2)c1. The molecule has 57 heavy (non-hydrogen) atoms. The Kier molecular flexibility index (Phi) is 9.88. The molecule has 0 saturated carbocycles. The Balaban J connectivity index is 1.37. The Morgan fingerprint density at radius 1 is 0.544 bits per heavy atom. The van der Waals surface area contributed by atoms with Crippen molar-refractivity contribution in [2.24, 2.45) is 0 Å². The molecule has 4 aromatic carbocycles. The molecule has 9 rings (SSSR count). The van der Waals surface area contributed by atoms with Crippen LogP contribution in [0.25, 0.3) is 45.6 Å². The van der Waals surface area contributed by atoms with Crippen LogP contribution in [0.2, 0.25) is 12.1 Å². The fourth-order valence-electron chi connectivity index (χ4n) is 10.1. The van der Waals surface area contributed by atoms with Gasteiger partial charge in [0.2, 0.25) is 0 Å². The van der Waals surface area contributed by atoms with Crippen molar-refractivity contribution in [2.75, 3.05) is 0 Å². The number of hydrogen-bond donors (Lipinski definition) is 0. The summed E-state index contributed by atoms with van der Waals surface area (Å²) in [5.41, 5.74) is 23.1. The second-order valence-electron chi connectivity index (χ2n) is 17.3. The van der Waals surface area contributed by atoms with Crippen molar-refractivity contribution in [1.82, 2.24) is 0 Å². The summed E-state index contributed by atoms with van der Waals surface area (Å²) in [4.78, 5) is 0. The van der Waals surface area contributed by atoms with E-state index in [2.05, 4.69) is 154 Å². The van der Waals surface area contributed by atoms with Crippen molar-refractivity contribution in [3.8, 4) is 22.3 Å². The van der Waals surface area contributed by atoms with Crippen LogP contribution in [-0.2, 0) is 20.4 Å². The molecule has 2 nitrogen and oxygen atoms in total. The Morgan fingerprint density at radius 3 is 1.26 bits per heavy atom. The van der Waals surface area contributed by atoms with E-state index in [1.165, 1.54) is 100 Å². The van der Waals surface area contributed by atoms with Gasteiger partial charge in [0.25, 0.3) is 0 Å². The summed E-state index contributed by atoms with van der Waals surface area (Å²) in [5.74, 6) is 3.86. The topological polar surface area (TPSA) is 26.3 Å². The standard InChI is InChI=1S/2C24H23O.C3H4Cl2Si.Zr/c2*1-14-8-15(2)10-21(9-14)24-18(5)16(3)11-19-12-20(13-22(19)24)23-7-6-17(4)25-23;4-3(5)1-6-2-3;/h2*6-13H,1-5H3;1-2H2;. The minimum atomic E-state index is -2.92. The van der Waals surface area contributed by atoms with Gasteiger partial charge in [-0.2, -0.15) is 0 Å². The van der Waals surface area contributed by atoms with Crippen molar-refractivity contribution in [3.05, 3.63) is 163 Å². The van der Waals surface area contributed by atoms with Crippen molar-refractivity contribution >= 4 is 51.9 Å². The van der Waals surface area contributed by atoms with Gasteiger partial charge in [-0.3, -0.25) is 0 Å². The van der Waals surface area contributed by atoms with Gasteiger partial charge in [0, 0.05) is 0 Å². The fraction of sp³-hybridized carbons (Fsp3) is 0.294. The van der Waals surface area contributed by atoms with Gasteiger partial charge >= 0.3 is 359 Å². The van der Waals surface area contributed by atoms with E-state index in [0.29, 0.717) is 0 Å². The summed E-state index contributed by atoms with van der Waals surface area (Å²) in [6, 6.07) is 29.6. The molecule has 2 atom stereocenters. The molecule has 3 aliphatic rings. The van der Waals surface area contributed by atoms with Crippen LogP contribution in [0, 0.1) is 69.2 Å². The van der Waals surface area contributed by atoms with Crippen LogP contribution in [0.3, 0.4) is 0 Å². The van der Waals surface area contributed by atoms with Crippen molar-refractivity contribution in [1.29, 1.82) is 0 Å². The molecule has 3 heterocycles. The molecule has 2 aliphatic carbocycles. The van der Waals surface area contributed by atoms with E-state index in [1.807, 2.05) is 0 Å². The summed E-state index contributed by atoms with van der Waals surface area (Å²) >= 11 is 11.3. The van der Waals surface area contributed by atoms with Crippen LogP contribution in [-0.4, -0.2) is 9.77 Å². The summed E-state index contributed by atoms with van der Waals surface area (Å²) < 4.78 is 13.2. The number of aryl methyl sites for hydroxylation is 8. The first-order valence-electron chi connectivity index (χ1n) is 20.2. The van der Waals surface area contributed by atoms with Crippen molar-refractivity contribution < 1.29 is 29.2 Å². The second-order valence-corrected chi connectivity index (χ2v) is 34.6. The van der Waals surface area contributed by atoms with Crippen LogP contribution >= 0.6 is 23.2 Å². The maximum atomic E-state index is 7.09. The van der Waals surface area contributed by atoms with E-state index < -0.39 is 30.1 Å². The van der Waals surface area contributed by atoms with Gasteiger partial charge in [-0.1, -0.05) is 0 Å². The number of hydrogen-bond acceptors (Lipinski definition) is 2. The van der Waals surface area contributed by atoms with E-state index >= 15 is 0 Å². The predicted octanol–water partition coefficient (Wildman–Crippen LogP) is 15.0. The fourth-order valence-corrected chi connectivity index (χ4v) is 41.3. The zero-order chi connectivity index (χ0) is 40.2. The third-order valence-electron chi connectivity index (χ3n) is 12.7. The number of halogens is 2. The Bertz CT molecular complexity index is 2560. The normalized spacial score (nSPS) is 18.0. The first-order valence-corrected chi connectivity index (χ1v) is 29.4. The average molecular weight is 885 g/mol. The van der Waals surface area contributed by atoms with E-state index in [9.17, 15) is 0 Å². The van der Waals surface area contributed by atoms with E-state index in [1.54, 1.807) is 0 Å². The molecule has 1 fully saturated rings. The molecule has 2 aromatic heterocycles. The average Bonchev–Trinajstić information content (AvgIpc) is 3.90. The Hall–Kier alpha value is -3.40. The summed E-state index contributed by atoms with van der Waals surface area (Å²) in [5, 5.41) is 0. The molecule has 2 unspecified atom stereocenters. The van der Waals surface area contributed by atoms with Crippen LogP contribution in [0.5, 0.6) is 0 Å². The van der Waals surface area contributed by atoms with Gasteiger partial charge in [-0.25, -0.2) is 0 Å². The van der Waals surface area contributed by atoms with Crippen molar-refractivity contribution in [2.45, 2.75) is 92.9 Å². The van der Waals surface area contributed by atoms with Gasteiger partial charge in [-0.05, 0) is 0 Å². The molecular formula is C51H50Cl2O2SiZr. The first-order chi connectivity index (χ1) is 27.1. The van der Waals surface area contributed by atoms with Gasteiger partial charge in [0.15, 0.2) is 0 Å². The van der Waals surface area contributed by atoms with Crippen LogP contribution < -0.4 is 0 Å². The number of benzene rings is 4. The third kappa shape index (κ3) is 6.81. The number of allylic oxidation sites excluding steroid dienone is 2. The number of rotatable bonds is 6. The van der Waals surface area contributed by atoms with Crippen LogP contribution in [0.1, 0.15) is 97.1 Å². The van der Waals surface area contributed by atoms with Crippen LogP contribution in [0.4, 0.5) is 0 Å². The molecule has 6 aromatic rings. The first kappa shape index (κ1) is 39.1. The predicted molar refractivity (Wildman–Crippen MR) is 240 cm³/mol. The summed E-state index contributed by atoms with van der Waals surface area (Å²) in [6.45, 7) is 22.2. The molecule has 0 bridgehead atoms. The van der Waals surface area contributed by atoms with Crippen LogP contribution in [0.15, 0.2) is 81.6 Å². The summed E-state index contributed by atoms with van der Waals surface area (Å²) in [7, 11) is 0. The van der Waals surface area contributed by atoms with Gasteiger partial charge < -0.3 is 0 Å². The molecular weight excluding hydrogens is 835 g/mol. The molecule has 288 valence electrons. The van der Waals surface area contributed by atoms with Gasteiger partial charge in [-0.15, -0.1) is 0 Å². The minimum absolute atomic E-state index is 0.247. The summed E-state index contributed by atoms with van der Waals surface area (Å²) in [6.07, 6.45) is 5.04. The van der Waals surface area contributed by atoms with E-state index in [4.69, 9.17) is 32.0 Å². The molecule has 1 aliphatic heterocycles. The van der Waals surface area contributed by atoms with Gasteiger partial charge in [0.1, 0.15) is 0 Å². The van der Waals surface area contributed by atoms with Crippen molar-refractivity contribution in [3.63, 3.8) is 0 Å². The van der Waals surface area contributed by atoms with Gasteiger partial charge in [0.05, 0.1) is 0 Å². The molecule has 0 amide bonds. The quantitative estimate of drug-likeness (QED) is 0.123. The second kappa shape index (κ2) is 14.4. The monoisotopic (exact) mass is 882 g/mol. The Morgan fingerprint density at radius 2 is 0.930 bits per heavy atom. The number of alkyl halides is 2.